The van der Waals surface area contributed by atoms with Crippen molar-refractivity contribution >= 4 is 23.1 Å². The van der Waals surface area contributed by atoms with Crippen LogP contribution in [0, 0.1) is 10.1 Å². The van der Waals surface area contributed by atoms with Crippen LogP contribution in [0.1, 0.15) is 0 Å². The highest BCUT2D eigenvalue weighted by Crippen LogP contribution is 2.30. The van der Waals surface area contributed by atoms with Crippen molar-refractivity contribution in [1.82, 2.24) is 9.97 Å². The fraction of sp³-hybridized carbons (Fsp3) is 0. The number of ether oxygens (including phenoxy) is 1. The van der Waals surface area contributed by atoms with E-state index in [1.54, 1.807) is 0 Å². The van der Waals surface area contributed by atoms with Crippen molar-refractivity contribution < 1.29 is 9.66 Å². The van der Waals surface area contributed by atoms with Gasteiger partial charge in [0, 0.05) is 18.2 Å². The Hall–Kier alpha value is -2.41. The SMILES string of the molecule is Nc1cc(Oc2ccc([N+](=O)[O-])c(Cl)c2)ncn1. The maximum atomic E-state index is 10.6. The molecule has 7 nitrogen and oxygen atoms in total. The average molecular weight is 267 g/mol. The summed E-state index contributed by atoms with van der Waals surface area (Å²) in [5, 5.41) is 10.6. The number of rotatable bonds is 3. The van der Waals surface area contributed by atoms with Crippen molar-refractivity contribution in [3.8, 4) is 11.6 Å². The van der Waals surface area contributed by atoms with Crippen LogP contribution in [0.4, 0.5) is 11.5 Å². The van der Waals surface area contributed by atoms with Gasteiger partial charge < -0.3 is 10.5 Å². The number of nitrogen functional groups attached to an aromatic ring is 1. The van der Waals surface area contributed by atoms with Gasteiger partial charge in [-0.3, -0.25) is 10.1 Å². The molecule has 0 spiro atoms. The van der Waals surface area contributed by atoms with Gasteiger partial charge in [-0.05, 0) is 6.07 Å². The minimum atomic E-state index is -0.575. The number of benzene rings is 1. The number of hydrogen-bond acceptors (Lipinski definition) is 6. The molecular formula is C10H7ClN4O3. The Morgan fingerprint density at radius 1 is 1.33 bits per heavy atom. The number of nitrogens with zero attached hydrogens (tertiary/aromatic N) is 3. The Labute approximate surface area is 106 Å². The fourth-order valence-electron chi connectivity index (χ4n) is 1.23. The summed E-state index contributed by atoms with van der Waals surface area (Å²) >= 11 is 5.74. The van der Waals surface area contributed by atoms with E-state index >= 15 is 0 Å². The molecule has 0 saturated carbocycles. The topological polar surface area (TPSA) is 104 Å². The molecule has 1 aromatic carbocycles. The third kappa shape index (κ3) is 2.64. The molecule has 92 valence electrons. The predicted octanol–water partition coefficient (Wildman–Crippen LogP) is 2.41. The van der Waals surface area contributed by atoms with Crippen LogP contribution in [-0.2, 0) is 0 Å². The maximum Gasteiger partial charge on any atom is 0.288 e. The summed E-state index contributed by atoms with van der Waals surface area (Å²) in [4.78, 5) is 17.5. The minimum absolute atomic E-state index is 0.0143. The van der Waals surface area contributed by atoms with Crippen LogP contribution in [0.5, 0.6) is 11.6 Å². The van der Waals surface area contributed by atoms with Gasteiger partial charge >= 0.3 is 0 Å². The number of nitrogens with two attached hydrogens (primary N) is 1. The second-order valence-corrected chi connectivity index (χ2v) is 3.66. The van der Waals surface area contributed by atoms with E-state index in [4.69, 9.17) is 22.1 Å². The zero-order chi connectivity index (χ0) is 13.1. The monoisotopic (exact) mass is 266 g/mol. The second-order valence-electron chi connectivity index (χ2n) is 3.25. The van der Waals surface area contributed by atoms with Crippen LogP contribution < -0.4 is 10.5 Å². The molecular weight excluding hydrogens is 260 g/mol. The summed E-state index contributed by atoms with van der Waals surface area (Å²) < 4.78 is 5.34. The Bertz CT molecular complexity index is 605. The number of nitro groups is 1. The molecule has 2 N–H and O–H groups in total. The zero-order valence-electron chi connectivity index (χ0n) is 8.91. The molecule has 0 amide bonds. The van der Waals surface area contributed by atoms with Crippen LogP contribution in [0.25, 0.3) is 0 Å². The van der Waals surface area contributed by atoms with Crippen molar-refractivity contribution in [2.45, 2.75) is 0 Å². The van der Waals surface area contributed by atoms with Crippen molar-refractivity contribution in [3.63, 3.8) is 0 Å². The van der Waals surface area contributed by atoms with E-state index in [9.17, 15) is 10.1 Å². The molecule has 2 aromatic rings. The molecule has 0 fully saturated rings. The first kappa shape index (κ1) is 12.1. The van der Waals surface area contributed by atoms with Gasteiger partial charge in [-0.15, -0.1) is 0 Å². The number of aromatic nitrogens is 2. The first-order valence-corrected chi connectivity index (χ1v) is 5.13. The largest absolute Gasteiger partial charge is 0.439 e. The molecule has 0 unspecified atom stereocenters. The summed E-state index contributed by atoms with van der Waals surface area (Å²) in [6.07, 6.45) is 1.25. The van der Waals surface area contributed by atoms with Gasteiger partial charge in [-0.1, -0.05) is 11.6 Å². The highest BCUT2D eigenvalue weighted by atomic mass is 35.5. The summed E-state index contributed by atoms with van der Waals surface area (Å²) in [6, 6.07) is 5.43. The number of anilines is 1. The van der Waals surface area contributed by atoms with Gasteiger partial charge in [0.15, 0.2) is 0 Å². The van der Waals surface area contributed by atoms with Crippen LogP contribution in [-0.4, -0.2) is 14.9 Å². The molecule has 1 heterocycles. The molecule has 0 atom stereocenters. The van der Waals surface area contributed by atoms with Crippen molar-refractivity contribution in [3.05, 3.63) is 45.7 Å². The van der Waals surface area contributed by atoms with Gasteiger partial charge in [0.05, 0.1) is 4.92 Å². The summed E-state index contributed by atoms with van der Waals surface area (Å²) in [7, 11) is 0. The Morgan fingerprint density at radius 3 is 2.72 bits per heavy atom. The lowest BCUT2D eigenvalue weighted by molar-refractivity contribution is -0.384. The zero-order valence-corrected chi connectivity index (χ0v) is 9.66. The minimum Gasteiger partial charge on any atom is -0.439 e. The molecule has 0 bridgehead atoms. The lowest BCUT2D eigenvalue weighted by Gasteiger charge is -2.05. The quantitative estimate of drug-likeness (QED) is 0.676. The van der Waals surface area contributed by atoms with E-state index in [-0.39, 0.29) is 22.4 Å². The number of hydrogen-bond donors (Lipinski definition) is 1. The second kappa shape index (κ2) is 4.84. The normalized spacial score (nSPS) is 10.1. The van der Waals surface area contributed by atoms with Crippen LogP contribution in [0.3, 0.4) is 0 Å². The molecule has 8 heteroatoms. The van der Waals surface area contributed by atoms with Crippen molar-refractivity contribution in [2.75, 3.05) is 5.73 Å². The summed E-state index contributed by atoms with van der Waals surface area (Å²) in [5.74, 6) is 0.809. The first-order chi connectivity index (χ1) is 8.56. The van der Waals surface area contributed by atoms with E-state index in [2.05, 4.69) is 9.97 Å². The van der Waals surface area contributed by atoms with Gasteiger partial charge in [0.1, 0.15) is 22.9 Å². The molecule has 0 aliphatic carbocycles. The third-order valence-electron chi connectivity index (χ3n) is 2.00. The fourth-order valence-corrected chi connectivity index (χ4v) is 1.47. The highest BCUT2D eigenvalue weighted by molar-refractivity contribution is 6.32. The van der Waals surface area contributed by atoms with E-state index < -0.39 is 4.92 Å². The molecule has 1 aromatic heterocycles. The molecule has 2 rings (SSSR count). The lowest BCUT2D eigenvalue weighted by Crippen LogP contribution is -1.94. The van der Waals surface area contributed by atoms with Gasteiger partial charge in [0.2, 0.25) is 5.88 Å². The Morgan fingerprint density at radius 2 is 2.11 bits per heavy atom. The number of halogens is 1. The lowest BCUT2D eigenvalue weighted by atomic mass is 10.3. The van der Waals surface area contributed by atoms with E-state index in [1.165, 1.54) is 30.6 Å². The van der Waals surface area contributed by atoms with Gasteiger partial charge in [0.25, 0.3) is 5.69 Å². The van der Waals surface area contributed by atoms with Gasteiger partial charge in [-0.2, -0.15) is 0 Å². The summed E-state index contributed by atoms with van der Waals surface area (Å²) in [6.45, 7) is 0. The molecule has 0 aliphatic heterocycles. The molecule has 0 aliphatic rings. The standard InChI is InChI=1S/C10H7ClN4O3/c11-7-3-6(1-2-8(7)15(16)17)18-10-4-9(12)13-5-14-10/h1-5H,(H2,12,13,14). The van der Waals surface area contributed by atoms with Gasteiger partial charge in [-0.25, -0.2) is 9.97 Å². The highest BCUT2D eigenvalue weighted by Gasteiger charge is 2.13. The van der Waals surface area contributed by atoms with Crippen LogP contribution >= 0.6 is 11.6 Å². The van der Waals surface area contributed by atoms with Crippen molar-refractivity contribution in [2.24, 2.45) is 0 Å². The molecule has 0 radical (unpaired) electrons. The number of nitro benzene ring substituents is 1. The molecule has 0 saturated heterocycles. The van der Waals surface area contributed by atoms with E-state index in [0.717, 1.165) is 0 Å². The predicted molar refractivity (Wildman–Crippen MR) is 64.6 cm³/mol. The molecule has 18 heavy (non-hydrogen) atoms. The van der Waals surface area contributed by atoms with Crippen LogP contribution in [0.2, 0.25) is 5.02 Å². The van der Waals surface area contributed by atoms with E-state index in [0.29, 0.717) is 5.75 Å². The third-order valence-corrected chi connectivity index (χ3v) is 2.30. The smallest absolute Gasteiger partial charge is 0.288 e. The maximum absolute atomic E-state index is 10.6. The summed E-state index contributed by atoms with van der Waals surface area (Å²) in [5.41, 5.74) is 5.27. The Kier molecular flexibility index (Phi) is 3.24. The average Bonchev–Trinajstić information content (AvgIpc) is 2.28. The van der Waals surface area contributed by atoms with E-state index in [1.807, 2.05) is 0 Å². The Balaban J connectivity index is 2.25. The first-order valence-electron chi connectivity index (χ1n) is 4.75. The van der Waals surface area contributed by atoms with Crippen LogP contribution in [0.15, 0.2) is 30.6 Å². The van der Waals surface area contributed by atoms with Crippen molar-refractivity contribution in [1.29, 1.82) is 0 Å².